The van der Waals surface area contributed by atoms with E-state index < -0.39 is 16.1 Å². The number of pyridine rings is 1. The minimum absolute atomic E-state index is 0.284. The normalized spacial score (nSPS) is 18.5. The third-order valence-electron chi connectivity index (χ3n) is 4.72. The fourth-order valence-electron chi connectivity index (χ4n) is 3.26. The molecule has 1 aliphatic heterocycles. The van der Waals surface area contributed by atoms with Crippen LogP contribution in [0.15, 0.2) is 58.1 Å². The lowest BCUT2D eigenvalue weighted by Gasteiger charge is -2.32. The molecular weight excluding hydrogens is 364 g/mol. The molecule has 1 aliphatic rings. The Morgan fingerprint density at radius 1 is 1.11 bits per heavy atom. The first-order valence-electron chi connectivity index (χ1n) is 8.88. The molecule has 0 spiro atoms. The van der Waals surface area contributed by atoms with Crippen molar-refractivity contribution in [2.45, 2.75) is 37.1 Å². The number of hydrogen-bond donors (Lipinski definition) is 0. The summed E-state index contributed by atoms with van der Waals surface area (Å²) in [7, 11) is -3.64. The van der Waals surface area contributed by atoms with Crippen LogP contribution in [0.25, 0.3) is 11.5 Å². The molecule has 3 heterocycles. The maximum atomic E-state index is 13.2. The van der Waals surface area contributed by atoms with Crippen molar-refractivity contribution in [2.24, 2.45) is 0 Å². The third-order valence-corrected chi connectivity index (χ3v) is 6.64. The topological polar surface area (TPSA) is 89.2 Å². The smallest absolute Gasteiger partial charge is 0.249 e. The molecule has 1 fully saturated rings. The van der Waals surface area contributed by atoms with Gasteiger partial charge in [0, 0.05) is 18.9 Å². The Morgan fingerprint density at radius 3 is 2.67 bits per heavy atom. The minimum atomic E-state index is -3.64. The standard InChI is InChI=1S/C19H20N4O3S/c1-14-7-9-16(10-8-14)27(24,25)23-12-3-2-6-17(23)19-22-21-18(26-19)15-5-4-11-20-13-15/h4-5,7-11,13,17H,2-3,6,12H2,1H3. The molecular formula is C19H20N4O3S. The van der Waals surface area contributed by atoms with Gasteiger partial charge in [0.2, 0.25) is 21.8 Å². The average molecular weight is 384 g/mol. The van der Waals surface area contributed by atoms with Crippen LogP contribution in [0.1, 0.15) is 36.8 Å². The van der Waals surface area contributed by atoms with Crippen LogP contribution in [0.4, 0.5) is 0 Å². The van der Waals surface area contributed by atoms with Crippen molar-refractivity contribution >= 4 is 10.0 Å². The van der Waals surface area contributed by atoms with Crippen LogP contribution in [0, 0.1) is 6.92 Å². The zero-order chi connectivity index (χ0) is 18.9. The van der Waals surface area contributed by atoms with Crippen LogP contribution >= 0.6 is 0 Å². The SMILES string of the molecule is Cc1ccc(S(=O)(=O)N2CCCCC2c2nnc(-c3cccnc3)o2)cc1. The molecule has 0 N–H and O–H groups in total. The highest BCUT2D eigenvalue weighted by atomic mass is 32.2. The second kappa shape index (κ2) is 7.21. The quantitative estimate of drug-likeness (QED) is 0.685. The van der Waals surface area contributed by atoms with E-state index in [1.165, 1.54) is 4.31 Å². The van der Waals surface area contributed by atoms with Crippen LogP contribution in [0.2, 0.25) is 0 Å². The van der Waals surface area contributed by atoms with Gasteiger partial charge in [0.15, 0.2) is 0 Å². The Balaban J connectivity index is 1.67. The van der Waals surface area contributed by atoms with Gasteiger partial charge in [-0.25, -0.2) is 8.42 Å². The molecule has 0 radical (unpaired) electrons. The van der Waals surface area contributed by atoms with Gasteiger partial charge < -0.3 is 4.42 Å². The number of aromatic nitrogens is 3. The van der Waals surface area contributed by atoms with Crippen LogP contribution in [-0.2, 0) is 10.0 Å². The van der Waals surface area contributed by atoms with Gasteiger partial charge in [-0.05, 0) is 44.0 Å². The second-order valence-electron chi connectivity index (χ2n) is 6.63. The van der Waals surface area contributed by atoms with Gasteiger partial charge in [0.25, 0.3) is 0 Å². The van der Waals surface area contributed by atoms with E-state index in [0.29, 0.717) is 30.3 Å². The molecule has 1 saturated heterocycles. The van der Waals surface area contributed by atoms with Crippen molar-refractivity contribution in [2.75, 3.05) is 6.54 Å². The summed E-state index contributed by atoms with van der Waals surface area (Å²) < 4.78 is 33.7. The second-order valence-corrected chi connectivity index (χ2v) is 8.52. The zero-order valence-electron chi connectivity index (χ0n) is 14.9. The molecule has 4 rings (SSSR count). The molecule has 1 atom stereocenters. The first-order valence-corrected chi connectivity index (χ1v) is 10.3. The fourth-order valence-corrected chi connectivity index (χ4v) is 4.91. The Bertz CT molecular complexity index is 1020. The molecule has 7 nitrogen and oxygen atoms in total. The van der Waals surface area contributed by atoms with Crippen molar-refractivity contribution < 1.29 is 12.8 Å². The summed E-state index contributed by atoms with van der Waals surface area (Å²) in [6.45, 7) is 2.37. The van der Waals surface area contributed by atoms with Crippen molar-refractivity contribution in [1.29, 1.82) is 0 Å². The van der Waals surface area contributed by atoms with Crippen molar-refractivity contribution in [3.05, 3.63) is 60.2 Å². The van der Waals surface area contributed by atoms with Gasteiger partial charge in [0.05, 0.1) is 10.5 Å². The van der Waals surface area contributed by atoms with E-state index in [-0.39, 0.29) is 4.90 Å². The van der Waals surface area contributed by atoms with E-state index in [1.807, 2.05) is 13.0 Å². The lowest BCUT2D eigenvalue weighted by molar-refractivity contribution is 0.220. The van der Waals surface area contributed by atoms with Crippen LogP contribution in [0.5, 0.6) is 0 Å². The molecule has 140 valence electrons. The predicted molar refractivity (Wildman–Crippen MR) is 99.2 cm³/mol. The highest BCUT2D eigenvalue weighted by Crippen LogP contribution is 2.35. The summed E-state index contributed by atoms with van der Waals surface area (Å²) in [5, 5.41) is 8.22. The minimum Gasteiger partial charge on any atom is -0.419 e. The van der Waals surface area contributed by atoms with Gasteiger partial charge in [-0.2, -0.15) is 4.31 Å². The molecule has 3 aromatic rings. The lowest BCUT2D eigenvalue weighted by atomic mass is 10.1. The third kappa shape index (κ3) is 3.50. The maximum Gasteiger partial charge on any atom is 0.249 e. The van der Waals surface area contributed by atoms with E-state index in [2.05, 4.69) is 15.2 Å². The maximum absolute atomic E-state index is 13.2. The van der Waals surface area contributed by atoms with Gasteiger partial charge in [-0.15, -0.1) is 10.2 Å². The summed E-state index contributed by atoms with van der Waals surface area (Å²) in [6, 6.07) is 10.1. The van der Waals surface area contributed by atoms with E-state index in [0.717, 1.165) is 18.4 Å². The molecule has 2 aromatic heterocycles. The van der Waals surface area contributed by atoms with Gasteiger partial charge in [-0.1, -0.05) is 24.1 Å². The first kappa shape index (κ1) is 17.8. The highest BCUT2D eigenvalue weighted by Gasteiger charge is 2.37. The largest absolute Gasteiger partial charge is 0.419 e. The Labute approximate surface area is 158 Å². The fraction of sp³-hybridized carbons (Fsp3) is 0.316. The summed E-state index contributed by atoms with van der Waals surface area (Å²) >= 11 is 0. The first-order chi connectivity index (χ1) is 13.1. The summed E-state index contributed by atoms with van der Waals surface area (Å²) in [4.78, 5) is 4.33. The van der Waals surface area contributed by atoms with E-state index in [9.17, 15) is 8.42 Å². The summed E-state index contributed by atoms with van der Waals surface area (Å²) in [5.74, 6) is 0.667. The summed E-state index contributed by atoms with van der Waals surface area (Å²) in [6.07, 6.45) is 5.68. The number of benzene rings is 1. The molecule has 0 bridgehead atoms. The molecule has 0 aliphatic carbocycles. The Morgan fingerprint density at radius 2 is 1.93 bits per heavy atom. The van der Waals surface area contributed by atoms with Crippen LogP contribution < -0.4 is 0 Å². The Kier molecular flexibility index (Phi) is 4.75. The molecule has 0 amide bonds. The zero-order valence-corrected chi connectivity index (χ0v) is 15.8. The molecule has 1 aromatic carbocycles. The number of piperidine rings is 1. The van der Waals surface area contributed by atoms with E-state index in [1.54, 1.807) is 42.7 Å². The van der Waals surface area contributed by atoms with Crippen LogP contribution in [0.3, 0.4) is 0 Å². The van der Waals surface area contributed by atoms with Crippen molar-refractivity contribution in [3.63, 3.8) is 0 Å². The number of rotatable bonds is 4. The average Bonchev–Trinajstić information content (AvgIpc) is 3.19. The van der Waals surface area contributed by atoms with Gasteiger partial charge in [-0.3, -0.25) is 4.98 Å². The Hall–Kier alpha value is -2.58. The van der Waals surface area contributed by atoms with Gasteiger partial charge in [0.1, 0.15) is 6.04 Å². The molecule has 27 heavy (non-hydrogen) atoms. The predicted octanol–water partition coefficient (Wildman–Crippen LogP) is 3.36. The number of aryl methyl sites for hydroxylation is 1. The number of sulfonamides is 1. The van der Waals surface area contributed by atoms with Crippen molar-refractivity contribution in [3.8, 4) is 11.5 Å². The molecule has 1 unspecified atom stereocenters. The van der Waals surface area contributed by atoms with E-state index >= 15 is 0 Å². The van der Waals surface area contributed by atoms with Crippen LogP contribution in [-0.4, -0.2) is 34.4 Å². The monoisotopic (exact) mass is 384 g/mol. The van der Waals surface area contributed by atoms with Gasteiger partial charge >= 0.3 is 0 Å². The number of hydrogen-bond acceptors (Lipinski definition) is 6. The summed E-state index contributed by atoms with van der Waals surface area (Å²) in [5.41, 5.74) is 1.72. The molecule has 0 saturated carbocycles. The van der Waals surface area contributed by atoms with E-state index in [4.69, 9.17) is 4.42 Å². The highest BCUT2D eigenvalue weighted by molar-refractivity contribution is 7.89. The molecule has 8 heteroatoms. The lowest BCUT2D eigenvalue weighted by Crippen LogP contribution is -2.38. The van der Waals surface area contributed by atoms with Crippen molar-refractivity contribution in [1.82, 2.24) is 19.5 Å². The number of nitrogens with zero attached hydrogens (tertiary/aromatic N) is 4.